The Labute approximate surface area is 112 Å². The summed E-state index contributed by atoms with van der Waals surface area (Å²) in [5.41, 5.74) is -0.118. The maximum atomic E-state index is 12.4. The molecule has 0 aliphatic rings. The zero-order valence-electron chi connectivity index (χ0n) is 10.3. The van der Waals surface area contributed by atoms with Crippen LogP contribution in [0.15, 0.2) is 36.9 Å². The normalized spacial score (nSPS) is 11.3. The molecular weight excluding hydrogens is 273 g/mol. The van der Waals surface area contributed by atoms with E-state index in [1.54, 1.807) is 0 Å². The van der Waals surface area contributed by atoms with Crippen molar-refractivity contribution in [3.05, 3.63) is 48.0 Å². The van der Waals surface area contributed by atoms with Crippen LogP contribution in [0.25, 0.3) is 0 Å². The molecule has 1 amide bonds. The van der Waals surface area contributed by atoms with Gasteiger partial charge < -0.3 is 9.88 Å². The molecule has 5 nitrogen and oxygen atoms in total. The van der Waals surface area contributed by atoms with Crippen LogP contribution in [0.2, 0.25) is 0 Å². The van der Waals surface area contributed by atoms with Crippen molar-refractivity contribution in [1.82, 2.24) is 20.1 Å². The molecule has 0 aliphatic carbocycles. The second-order valence-corrected chi connectivity index (χ2v) is 4.11. The first kappa shape index (κ1) is 14.0. The van der Waals surface area contributed by atoms with Gasteiger partial charge in [-0.1, -0.05) is 12.1 Å². The number of amides is 1. The van der Waals surface area contributed by atoms with Crippen molar-refractivity contribution >= 4 is 5.91 Å². The molecular formula is C12H11F3N4O. The third kappa shape index (κ3) is 3.81. The van der Waals surface area contributed by atoms with Crippen molar-refractivity contribution in [3.63, 3.8) is 0 Å². The largest absolute Gasteiger partial charge is 0.416 e. The minimum Gasteiger partial charge on any atom is -0.350 e. The van der Waals surface area contributed by atoms with E-state index in [4.69, 9.17) is 0 Å². The lowest BCUT2D eigenvalue weighted by Gasteiger charge is -2.08. The number of hydrogen-bond acceptors (Lipinski definition) is 3. The van der Waals surface area contributed by atoms with Crippen LogP contribution in [-0.2, 0) is 24.1 Å². The number of nitrogens with one attached hydrogen (secondary N) is 1. The highest BCUT2D eigenvalue weighted by atomic mass is 19.4. The van der Waals surface area contributed by atoms with Crippen molar-refractivity contribution in [2.24, 2.45) is 0 Å². The van der Waals surface area contributed by atoms with Crippen molar-refractivity contribution < 1.29 is 18.0 Å². The number of carbonyl (C=O) groups excluding carboxylic acids is 1. The summed E-state index contributed by atoms with van der Waals surface area (Å²) in [7, 11) is 0. The monoisotopic (exact) mass is 284 g/mol. The zero-order chi connectivity index (χ0) is 14.6. The predicted octanol–water partition coefficient (Wildman–Crippen LogP) is 1.61. The molecule has 0 atom stereocenters. The molecule has 1 N–H and O–H groups in total. The smallest absolute Gasteiger partial charge is 0.350 e. The summed E-state index contributed by atoms with van der Waals surface area (Å²) in [4.78, 5) is 11.5. The van der Waals surface area contributed by atoms with Gasteiger partial charge in [0.15, 0.2) is 0 Å². The number of rotatable bonds is 4. The Balaban J connectivity index is 1.86. The summed E-state index contributed by atoms with van der Waals surface area (Å²) < 4.78 is 38.6. The molecule has 1 aromatic heterocycles. The Morgan fingerprint density at radius 3 is 2.30 bits per heavy atom. The van der Waals surface area contributed by atoms with E-state index in [9.17, 15) is 18.0 Å². The average Bonchev–Trinajstić information content (AvgIpc) is 2.88. The molecule has 0 saturated carbocycles. The third-order valence-corrected chi connectivity index (χ3v) is 2.56. The van der Waals surface area contributed by atoms with Gasteiger partial charge in [0.05, 0.1) is 5.56 Å². The average molecular weight is 284 g/mol. The van der Waals surface area contributed by atoms with E-state index in [0.717, 1.165) is 12.1 Å². The number of alkyl halides is 3. The van der Waals surface area contributed by atoms with Gasteiger partial charge in [-0.2, -0.15) is 13.2 Å². The maximum Gasteiger partial charge on any atom is 0.416 e. The Hall–Kier alpha value is -2.38. The third-order valence-electron chi connectivity index (χ3n) is 2.56. The quantitative estimate of drug-likeness (QED) is 0.928. The van der Waals surface area contributed by atoms with Gasteiger partial charge in [-0.25, -0.2) is 0 Å². The van der Waals surface area contributed by atoms with Crippen molar-refractivity contribution in [2.75, 3.05) is 0 Å². The molecule has 0 spiro atoms. The van der Waals surface area contributed by atoms with Crippen molar-refractivity contribution in [1.29, 1.82) is 0 Å². The summed E-state index contributed by atoms with van der Waals surface area (Å²) >= 11 is 0. The molecule has 0 saturated heterocycles. The van der Waals surface area contributed by atoms with E-state index < -0.39 is 11.7 Å². The van der Waals surface area contributed by atoms with Crippen LogP contribution in [0, 0.1) is 0 Å². The van der Waals surface area contributed by atoms with Gasteiger partial charge in [0.2, 0.25) is 5.91 Å². The zero-order valence-corrected chi connectivity index (χ0v) is 10.3. The van der Waals surface area contributed by atoms with Gasteiger partial charge in [-0.05, 0) is 17.7 Å². The topological polar surface area (TPSA) is 59.8 Å². The van der Waals surface area contributed by atoms with E-state index >= 15 is 0 Å². The molecule has 0 fully saturated rings. The molecule has 1 aromatic carbocycles. The second kappa shape index (κ2) is 5.72. The molecule has 8 heteroatoms. The number of benzene rings is 1. The Morgan fingerprint density at radius 2 is 1.75 bits per heavy atom. The van der Waals surface area contributed by atoms with Gasteiger partial charge in [0, 0.05) is 6.54 Å². The summed E-state index contributed by atoms with van der Waals surface area (Å²) in [5.74, 6) is -0.273. The molecule has 20 heavy (non-hydrogen) atoms. The van der Waals surface area contributed by atoms with Gasteiger partial charge in [0.25, 0.3) is 0 Å². The van der Waals surface area contributed by atoms with E-state index in [0.29, 0.717) is 5.56 Å². The summed E-state index contributed by atoms with van der Waals surface area (Å²) in [5, 5.41) is 9.70. The Kier molecular flexibility index (Phi) is 4.02. The minimum atomic E-state index is -4.35. The van der Waals surface area contributed by atoms with Crippen LogP contribution in [-0.4, -0.2) is 20.7 Å². The first-order chi connectivity index (χ1) is 9.45. The van der Waals surface area contributed by atoms with Gasteiger partial charge >= 0.3 is 6.18 Å². The number of nitrogens with zero attached hydrogens (tertiary/aromatic N) is 3. The maximum absolute atomic E-state index is 12.4. The highest BCUT2D eigenvalue weighted by Gasteiger charge is 2.29. The van der Waals surface area contributed by atoms with E-state index in [1.165, 1.54) is 29.4 Å². The molecule has 1 heterocycles. The number of carbonyl (C=O) groups is 1. The van der Waals surface area contributed by atoms with Gasteiger partial charge in [0.1, 0.15) is 19.2 Å². The van der Waals surface area contributed by atoms with E-state index in [-0.39, 0.29) is 19.0 Å². The lowest BCUT2D eigenvalue weighted by molar-refractivity contribution is -0.137. The van der Waals surface area contributed by atoms with Gasteiger partial charge in [-0.15, -0.1) is 10.2 Å². The lowest BCUT2D eigenvalue weighted by atomic mass is 10.1. The Bertz CT molecular complexity index is 563. The SMILES string of the molecule is O=C(Cn1cnnc1)NCc1ccc(C(F)(F)F)cc1. The fourth-order valence-electron chi connectivity index (χ4n) is 1.54. The number of halogens is 3. The molecule has 0 aliphatic heterocycles. The van der Waals surface area contributed by atoms with E-state index in [1.807, 2.05) is 0 Å². The fourth-order valence-corrected chi connectivity index (χ4v) is 1.54. The minimum absolute atomic E-state index is 0.0631. The van der Waals surface area contributed by atoms with Crippen molar-refractivity contribution in [3.8, 4) is 0 Å². The number of aromatic nitrogens is 3. The summed E-state index contributed by atoms with van der Waals surface area (Å²) in [6.45, 7) is 0.229. The summed E-state index contributed by atoms with van der Waals surface area (Å²) in [6.07, 6.45) is -1.55. The molecule has 2 aromatic rings. The van der Waals surface area contributed by atoms with Crippen molar-refractivity contribution in [2.45, 2.75) is 19.3 Å². The predicted molar refractivity (Wildman–Crippen MR) is 63.3 cm³/mol. The summed E-state index contributed by atoms with van der Waals surface area (Å²) in [6, 6.07) is 4.65. The Morgan fingerprint density at radius 1 is 1.15 bits per heavy atom. The molecule has 106 valence electrons. The fraction of sp³-hybridized carbons (Fsp3) is 0.250. The molecule has 0 bridgehead atoms. The first-order valence-electron chi connectivity index (χ1n) is 5.70. The van der Waals surface area contributed by atoms with Crippen LogP contribution < -0.4 is 5.32 Å². The van der Waals surface area contributed by atoms with Crippen LogP contribution in [0.1, 0.15) is 11.1 Å². The molecule has 2 rings (SSSR count). The van der Waals surface area contributed by atoms with Crippen LogP contribution in [0.4, 0.5) is 13.2 Å². The highest BCUT2D eigenvalue weighted by molar-refractivity contribution is 5.75. The van der Waals surface area contributed by atoms with Gasteiger partial charge in [-0.3, -0.25) is 4.79 Å². The second-order valence-electron chi connectivity index (χ2n) is 4.11. The highest BCUT2D eigenvalue weighted by Crippen LogP contribution is 2.28. The standard InChI is InChI=1S/C12H11F3N4O/c13-12(14,15)10-3-1-9(2-4-10)5-16-11(20)6-19-7-17-18-8-19/h1-4,7-8H,5-6H2,(H,16,20). The first-order valence-corrected chi connectivity index (χ1v) is 5.70. The number of hydrogen-bond donors (Lipinski definition) is 1. The van der Waals surface area contributed by atoms with Crippen LogP contribution >= 0.6 is 0 Å². The van der Waals surface area contributed by atoms with Crippen LogP contribution in [0.5, 0.6) is 0 Å². The van der Waals surface area contributed by atoms with Crippen LogP contribution in [0.3, 0.4) is 0 Å². The van der Waals surface area contributed by atoms with E-state index in [2.05, 4.69) is 15.5 Å². The lowest BCUT2D eigenvalue weighted by Crippen LogP contribution is -2.26. The molecule has 0 unspecified atom stereocenters. The molecule has 0 radical (unpaired) electrons.